The van der Waals surface area contributed by atoms with Gasteiger partial charge in [-0.2, -0.15) is 18.3 Å². The summed E-state index contributed by atoms with van der Waals surface area (Å²) in [6.45, 7) is 2.58. The van der Waals surface area contributed by atoms with Gasteiger partial charge in [0.25, 0.3) is 5.91 Å². The Morgan fingerprint density at radius 1 is 1.07 bits per heavy atom. The Bertz CT molecular complexity index is 965. The lowest BCUT2D eigenvalue weighted by atomic mass is 10.1. The molecule has 0 aliphatic carbocycles. The van der Waals surface area contributed by atoms with Gasteiger partial charge in [0.05, 0.1) is 12.2 Å². The van der Waals surface area contributed by atoms with Crippen LogP contribution in [0.2, 0.25) is 0 Å². The van der Waals surface area contributed by atoms with E-state index in [0.717, 1.165) is 11.6 Å². The van der Waals surface area contributed by atoms with Crippen molar-refractivity contribution < 1.29 is 18.0 Å². The minimum atomic E-state index is -4.55. The summed E-state index contributed by atoms with van der Waals surface area (Å²) < 4.78 is 41.1. The van der Waals surface area contributed by atoms with E-state index in [0.29, 0.717) is 23.4 Å². The highest BCUT2D eigenvalue weighted by atomic mass is 19.4. The van der Waals surface area contributed by atoms with Crippen LogP contribution in [0, 0.1) is 0 Å². The summed E-state index contributed by atoms with van der Waals surface area (Å²) in [6.07, 6.45) is -4.55. The summed E-state index contributed by atoms with van der Waals surface area (Å²) in [5.74, 6) is -0.186. The summed E-state index contributed by atoms with van der Waals surface area (Å²) in [5, 5.41) is 3.78. The predicted molar refractivity (Wildman–Crippen MR) is 101 cm³/mol. The van der Waals surface area contributed by atoms with E-state index in [2.05, 4.69) is 5.10 Å². The highest BCUT2D eigenvalue weighted by Gasteiger charge is 2.35. The Labute approximate surface area is 161 Å². The van der Waals surface area contributed by atoms with Crippen molar-refractivity contribution in [3.8, 4) is 11.3 Å². The van der Waals surface area contributed by atoms with Crippen molar-refractivity contribution in [2.75, 3.05) is 13.6 Å². The summed E-state index contributed by atoms with van der Waals surface area (Å²) in [4.78, 5) is 14.0. The van der Waals surface area contributed by atoms with Crippen LogP contribution in [0.5, 0.6) is 0 Å². The van der Waals surface area contributed by atoms with E-state index in [1.54, 1.807) is 36.2 Å². The molecule has 0 saturated heterocycles. The lowest BCUT2D eigenvalue weighted by molar-refractivity contribution is -0.141. The molecule has 0 atom stereocenters. The van der Waals surface area contributed by atoms with Gasteiger partial charge in [-0.1, -0.05) is 42.5 Å². The topological polar surface area (TPSA) is 38.1 Å². The molecule has 0 saturated carbocycles. The predicted octanol–water partition coefficient (Wildman–Crippen LogP) is 4.71. The molecule has 3 aromatic rings. The second-order valence-electron chi connectivity index (χ2n) is 6.46. The second-order valence-corrected chi connectivity index (χ2v) is 6.46. The van der Waals surface area contributed by atoms with Crippen molar-refractivity contribution in [2.45, 2.75) is 19.6 Å². The molecule has 4 nitrogen and oxygen atoms in total. The summed E-state index contributed by atoms with van der Waals surface area (Å²) in [5.41, 5.74) is 1.11. The van der Waals surface area contributed by atoms with Crippen molar-refractivity contribution in [2.24, 2.45) is 0 Å². The average molecular weight is 387 g/mol. The van der Waals surface area contributed by atoms with E-state index in [1.165, 1.54) is 4.68 Å². The fourth-order valence-corrected chi connectivity index (χ4v) is 2.84. The summed E-state index contributed by atoms with van der Waals surface area (Å²) in [7, 11) is 1.68. The normalized spacial score (nSPS) is 11.5. The van der Waals surface area contributed by atoms with E-state index < -0.39 is 11.9 Å². The van der Waals surface area contributed by atoms with Crippen molar-refractivity contribution in [1.82, 2.24) is 14.7 Å². The molecule has 0 N–H and O–H groups in total. The lowest BCUT2D eigenvalue weighted by Crippen LogP contribution is -2.26. The van der Waals surface area contributed by atoms with Gasteiger partial charge in [-0.05, 0) is 30.7 Å². The molecular formula is C21H20F3N3O. The van der Waals surface area contributed by atoms with Crippen LogP contribution < -0.4 is 0 Å². The molecule has 1 amide bonds. The van der Waals surface area contributed by atoms with E-state index in [9.17, 15) is 18.0 Å². The SMILES string of the molecule is CCN(C)C(=O)c1cccc(-c2cc(C(F)(F)F)nn2Cc2ccccc2)c1. The van der Waals surface area contributed by atoms with Crippen LogP contribution in [0.1, 0.15) is 28.5 Å². The van der Waals surface area contributed by atoms with Crippen LogP contribution in [0.25, 0.3) is 11.3 Å². The van der Waals surface area contributed by atoms with Crippen molar-refractivity contribution >= 4 is 5.91 Å². The number of hydrogen-bond donors (Lipinski definition) is 0. The molecule has 1 aromatic heterocycles. The van der Waals surface area contributed by atoms with E-state index >= 15 is 0 Å². The number of hydrogen-bond acceptors (Lipinski definition) is 2. The molecular weight excluding hydrogens is 367 g/mol. The number of nitrogens with zero attached hydrogens (tertiary/aromatic N) is 3. The molecule has 0 bridgehead atoms. The molecule has 0 radical (unpaired) electrons. The number of amides is 1. The van der Waals surface area contributed by atoms with Crippen molar-refractivity contribution in [3.63, 3.8) is 0 Å². The molecule has 0 spiro atoms. The van der Waals surface area contributed by atoms with Crippen LogP contribution in [-0.2, 0) is 12.7 Å². The van der Waals surface area contributed by atoms with Gasteiger partial charge in [-0.3, -0.25) is 9.48 Å². The van der Waals surface area contributed by atoms with Gasteiger partial charge in [0.1, 0.15) is 0 Å². The minimum Gasteiger partial charge on any atom is -0.342 e. The Morgan fingerprint density at radius 2 is 1.79 bits per heavy atom. The molecule has 146 valence electrons. The monoisotopic (exact) mass is 387 g/mol. The lowest BCUT2D eigenvalue weighted by Gasteiger charge is -2.15. The van der Waals surface area contributed by atoms with E-state index in [4.69, 9.17) is 0 Å². The van der Waals surface area contributed by atoms with Crippen molar-refractivity contribution in [3.05, 3.63) is 77.5 Å². The molecule has 2 aromatic carbocycles. The number of halogens is 3. The van der Waals surface area contributed by atoms with E-state index in [-0.39, 0.29) is 12.5 Å². The van der Waals surface area contributed by atoms with Gasteiger partial charge in [-0.15, -0.1) is 0 Å². The molecule has 3 rings (SSSR count). The Hall–Kier alpha value is -3.09. The van der Waals surface area contributed by atoms with Gasteiger partial charge in [0.15, 0.2) is 5.69 Å². The Kier molecular flexibility index (Phi) is 5.53. The fraction of sp³-hybridized carbons (Fsp3) is 0.238. The van der Waals surface area contributed by atoms with Crippen LogP contribution >= 0.6 is 0 Å². The third-order valence-corrected chi connectivity index (χ3v) is 4.47. The number of benzene rings is 2. The molecule has 0 unspecified atom stereocenters. The molecule has 0 fully saturated rings. The zero-order chi connectivity index (χ0) is 20.3. The highest BCUT2D eigenvalue weighted by molar-refractivity contribution is 5.95. The molecule has 28 heavy (non-hydrogen) atoms. The van der Waals surface area contributed by atoms with Gasteiger partial charge < -0.3 is 4.90 Å². The third kappa shape index (κ3) is 4.24. The number of alkyl halides is 3. The average Bonchev–Trinajstić information content (AvgIpc) is 3.12. The number of aromatic nitrogens is 2. The maximum Gasteiger partial charge on any atom is 0.435 e. The summed E-state index contributed by atoms with van der Waals surface area (Å²) >= 11 is 0. The fourth-order valence-electron chi connectivity index (χ4n) is 2.84. The van der Waals surface area contributed by atoms with Crippen LogP contribution in [0.15, 0.2) is 60.7 Å². The zero-order valence-corrected chi connectivity index (χ0v) is 15.6. The second kappa shape index (κ2) is 7.88. The standard InChI is InChI=1S/C21H20F3N3O/c1-3-26(2)20(28)17-11-7-10-16(12-17)18-13-19(21(22,23)24)25-27(18)14-15-8-5-4-6-9-15/h4-13H,3,14H2,1-2H3. The van der Waals surface area contributed by atoms with Gasteiger partial charge in [0.2, 0.25) is 0 Å². The summed E-state index contributed by atoms with van der Waals surface area (Å²) in [6, 6.07) is 16.8. The zero-order valence-electron chi connectivity index (χ0n) is 15.6. The number of rotatable bonds is 5. The first-order chi connectivity index (χ1) is 13.3. The molecule has 0 aliphatic heterocycles. The van der Waals surface area contributed by atoms with Crippen LogP contribution in [0.3, 0.4) is 0 Å². The molecule has 7 heteroatoms. The first-order valence-electron chi connectivity index (χ1n) is 8.84. The maximum atomic E-state index is 13.3. The first kappa shape index (κ1) is 19.7. The first-order valence-corrected chi connectivity index (χ1v) is 8.84. The minimum absolute atomic E-state index is 0.186. The Balaban J connectivity index is 2.05. The van der Waals surface area contributed by atoms with E-state index in [1.807, 2.05) is 37.3 Å². The van der Waals surface area contributed by atoms with Crippen LogP contribution in [0.4, 0.5) is 13.2 Å². The van der Waals surface area contributed by atoms with Gasteiger partial charge in [-0.25, -0.2) is 0 Å². The quantitative estimate of drug-likeness (QED) is 0.636. The van der Waals surface area contributed by atoms with Gasteiger partial charge in [0, 0.05) is 24.7 Å². The third-order valence-electron chi connectivity index (χ3n) is 4.47. The largest absolute Gasteiger partial charge is 0.435 e. The number of carbonyl (C=O) groups is 1. The maximum absolute atomic E-state index is 13.3. The molecule has 1 heterocycles. The molecule has 0 aliphatic rings. The van der Waals surface area contributed by atoms with Crippen LogP contribution in [-0.4, -0.2) is 34.2 Å². The number of carbonyl (C=O) groups excluding carboxylic acids is 1. The highest BCUT2D eigenvalue weighted by Crippen LogP contribution is 2.32. The van der Waals surface area contributed by atoms with Gasteiger partial charge >= 0.3 is 6.18 Å². The van der Waals surface area contributed by atoms with Crippen molar-refractivity contribution in [1.29, 1.82) is 0 Å². The Morgan fingerprint density at radius 3 is 2.43 bits per heavy atom. The smallest absolute Gasteiger partial charge is 0.342 e.